The molecule has 3 nitrogen and oxygen atoms in total. The maximum atomic E-state index is 13.1. The Morgan fingerprint density at radius 1 is 1.43 bits per heavy atom. The Morgan fingerprint density at radius 2 is 2.19 bits per heavy atom. The highest BCUT2D eigenvalue weighted by atomic mass is 35.5. The van der Waals surface area contributed by atoms with Crippen LogP contribution < -0.4 is 10.6 Å². The Kier molecular flexibility index (Phi) is 4.76. The third kappa shape index (κ3) is 3.30. The largest absolute Gasteiger partial charge is 0.348 e. The van der Waals surface area contributed by atoms with Crippen molar-refractivity contribution in [1.29, 1.82) is 0 Å². The lowest BCUT2D eigenvalue weighted by Gasteiger charge is -2.17. The molecule has 1 amide bonds. The van der Waals surface area contributed by atoms with E-state index in [9.17, 15) is 13.6 Å². The fraction of sp³-hybridized carbons (Fsp3) is 0.500. The number of alkyl halides is 2. The summed E-state index contributed by atoms with van der Waals surface area (Å²) in [6.45, 7) is -0.432. The summed E-state index contributed by atoms with van der Waals surface area (Å²) in [5, 5.41) is 6.12. The molecule has 1 heterocycles. The number of halogens is 4. The molecule has 1 saturated heterocycles. The molecule has 7 heteroatoms. The first-order valence-corrected chi connectivity index (χ1v) is 7.03. The van der Waals surface area contributed by atoms with Gasteiger partial charge in [0.05, 0.1) is 18.6 Å². The van der Waals surface area contributed by atoms with Crippen LogP contribution in [0.1, 0.15) is 30.0 Å². The minimum atomic E-state index is -2.79. The Bertz CT molecular complexity index is 554. The van der Waals surface area contributed by atoms with Gasteiger partial charge in [0.2, 0.25) is 5.91 Å². The molecular formula is C14H16Cl2F2N2O. The Morgan fingerprint density at radius 3 is 2.86 bits per heavy atom. The van der Waals surface area contributed by atoms with Gasteiger partial charge in [0.25, 0.3) is 5.92 Å². The van der Waals surface area contributed by atoms with Gasteiger partial charge < -0.3 is 5.32 Å². The molecule has 0 saturated carbocycles. The monoisotopic (exact) mass is 336 g/mol. The lowest BCUT2D eigenvalue weighted by molar-refractivity contribution is -0.124. The van der Waals surface area contributed by atoms with Crippen LogP contribution in [-0.2, 0) is 11.2 Å². The van der Waals surface area contributed by atoms with Gasteiger partial charge in [0.15, 0.2) is 0 Å². The van der Waals surface area contributed by atoms with Crippen LogP contribution in [0.3, 0.4) is 0 Å². The van der Waals surface area contributed by atoms with E-state index in [4.69, 9.17) is 11.6 Å². The lowest BCUT2D eigenvalue weighted by Crippen LogP contribution is -2.41. The van der Waals surface area contributed by atoms with Crippen molar-refractivity contribution in [3.05, 3.63) is 34.3 Å². The molecule has 1 aliphatic carbocycles. The van der Waals surface area contributed by atoms with Crippen LogP contribution >= 0.6 is 24.0 Å². The lowest BCUT2D eigenvalue weighted by atomic mass is 10.1. The van der Waals surface area contributed by atoms with Crippen molar-refractivity contribution in [2.45, 2.75) is 37.3 Å². The first-order chi connectivity index (χ1) is 9.46. The van der Waals surface area contributed by atoms with E-state index in [0.29, 0.717) is 5.02 Å². The van der Waals surface area contributed by atoms with Crippen LogP contribution in [0.4, 0.5) is 8.78 Å². The van der Waals surface area contributed by atoms with Crippen molar-refractivity contribution in [1.82, 2.24) is 10.6 Å². The van der Waals surface area contributed by atoms with Gasteiger partial charge in [-0.3, -0.25) is 10.1 Å². The maximum Gasteiger partial charge on any atom is 0.262 e. The number of nitrogens with one attached hydrogen (secondary N) is 2. The topological polar surface area (TPSA) is 41.1 Å². The van der Waals surface area contributed by atoms with Gasteiger partial charge >= 0.3 is 0 Å². The maximum absolute atomic E-state index is 13.1. The standard InChI is InChI=1S/C14H15ClF2N2O.ClH/c15-10-3-1-2-9-8(10)4-5-11(9)19-13(20)12-6-14(16,17)7-18-12;/h1-3,11-12,18H,4-7H2,(H,19,20);1H. The Balaban J connectivity index is 0.00000161. The number of rotatable bonds is 2. The SMILES string of the molecule is Cl.O=C(NC1CCc2c(Cl)cccc21)C1CC(F)(F)CN1. The van der Waals surface area contributed by atoms with Crippen LogP contribution in [0, 0.1) is 0 Å². The predicted octanol–water partition coefficient (Wildman–Crippen LogP) is 2.86. The predicted molar refractivity (Wildman–Crippen MR) is 79.3 cm³/mol. The Hall–Kier alpha value is -0.910. The molecule has 2 atom stereocenters. The molecule has 1 aromatic rings. The van der Waals surface area contributed by atoms with Gasteiger partial charge in [0.1, 0.15) is 0 Å². The molecule has 1 aliphatic heterocycles. The molecule has 0 aromatic heterocycles. The number of hydrogen-bond donors (Lipinski definition) is 2. The molecule has 3 rings (SSSR count). The number of carbonyl (C=O) groups is 1. The van der Waals surface area contributed by atoms with Gasteiger partial charge in [-0.15, -0.1) is 12.4 Å². The second-order valence-electron chi connectivity index (χ2n) is 5.40. The Labute approximate surface area is 132 Å². The van der Waals surface area contributed by atoms with Crippen LogP contribution in [0.2, 0.25) is 5.02 Å². The highest BCUT2D eigenvalue weighted by Gasteiger charge is 2.42. The zero-order chi connectivity index (χ0) is 14.3. The number of amides is 1. The van der Waals surface area contributed by atoms with E-state index < -0.39 is 24.9 Å². The summed E-state index contributed by atoms with van der Waals surface area (Å²) in [4.78, 5) is 12.0. The van der Waals surface area contributed by atoms with Crippen LogP contribution in [0.15, 0.2) is 18.2 Å². The number of fused-ring (bicyclic) bond motifs is 1. The summed E-state index contributed by atoms with van der Waals surface area (Å²) in [7, 11) is 0. The van der Waals surface area contributed by atoms with Crippen molar-refractivity contribution in [3.8, 4) is 0 Å². The quantitative estimate of drug-likeness (QED) is 0.871. The van der Waals surface area contributed by atoms with E-state index in [1.807, 2.05) is 18.2 Å². The van der Waals surface area contributed by atoms with Crippen molar-refractivity contribution < 1.29 is 13.6 Å². The molecule has 21 heavy (non-hydrogen) atoms. The molecule has 1 aromatic carbocycles. The first-order valence-electron chi connectivity index (χ1n) is 6.65. The fourth-order valence-corrected chi connectivity index (χ4v) is 3.21. The minimum absolute atomic E-state index is 0. The van der Waals surface area contributed by atoms with Crippen molar-refractivity contribution in [2.75, 3.05) is 6.54 Å². The minimum Gasteiger partial charge on any atom is -0.348 e. The summed E-state index contributed by atoms with van der Waals surface area (Å²) < 4.78 is 26.2. The zero-order valence-corrected chi connectivity index (χ0v) is 12.7. The molecule has 0 spiro atoms. The van der Waals surface area contributed by atoms with E-state index in [1.54, 1.807) is 0 Å². The fourth-order valence-electron chi connectivity index (χ4n) is 2.93. The average Bonchev–Trinajstić information content (AvgIpc) is 2.95. The summed E-state index contributed by atoms with van der Waals surface area (Å²) in [6, 6.07) is 4.65. The summed E-state index contributed by atoms with van der Waals surface area (Å²) in [5.41, 5.74) is 2.04. The van der Waals surface area contributed by atoms with Gasteiger partial charge in [-0.2, -0.15) is 0 Å². The summed E-state index contributed by atoms with van der Waals surface area (Å²) >= 11 is 6.11. The highest BCUT2D eigenvalue weighted by Crippen LogP contribution is 2.35. The molecule has 2 unspecified atom stereocenters. The second-order valence-corrected chi connectivity index (χ2v) is 5.81. The van der Waals surface area contributed by atoms with Gasteiger partial charge in [-0.1, -0.05) is 23.7 Å². The van der Waals surface area contributed by atoms with E-state index in [-0.39, 0.29) is 24.4 Å². The van der Waals surface area contributed by atoms with Crippen LogP contribution in [-0.4, -0.2) is 24.4 Å². The van der Waals surface area contributed by atoms with Crippen LogP contribution in [0.5, 0.6) is 0 Å². The molecule has 1 fully saturated rings. The molecule has 2 N–H and O–H groups in total. The molecular weight excluding hydrogens is 321 g/mol. The third-order valence-electron chi connectivity index (χ3n) is 3.96. The summed E-state index contributed by atoms with van der Waals surface area (Å²) in [6.07, 6.45) is 1.12. The number of benzene rings is 1. The third-order valence-corrected chi connectivity index (χ3v) is 4.31. The van der Waals surface area contributed by atoms with E-state index >= 15 is 0 Å². The number of carbonyl (C=O) groups excluding carboxylic acids is 1. The zero-order valence-electron chi connectivity index (χ0n) is 11.2. The number of hydrogen-bond acceptors (Lipinski definition) is 2. The van der Waals surface area contributed by atoms with Gasteiger partial charge in [-0.05, 0) is 30.0 Å². The molecule has 116 valence electrons. The molecule has 2 aliphatic rings. The van der Waals surface area contributed by atoms with E-state index in [0.717, 1.165) is 24.0 Å². The van der Waals surface area contributed by atoms with Crippen molar-refractivity contribution in [2.24, 2.45) is 0 Å². The summed E-state index contributed by atoms with van der Waals surface area (Å²) in [5.74, 6) is -3.15. The van der Waals surface area contributed by atoms with Gasteiger partial charge in [-0.25, -0.2) is 8.78 Å². The van der Waals surface area contributed by atoms with Crippen LogP contribution in [0.25, 0.3) is 0 Å². The smallest absolute Gasteiger partial charge is 0.262 e. The molecule has 0 radical (unpaired) electrons. The molecule has 0 bridgehead atoms. The van der Waals surface area contributed by atoms with E-state index in [2.05, 4.69) is 10.6 Å². The average molecular weight is 337 g/mol. The van der Waals surface area contributed by atoms with Crippen molar-refractivity contribution in [3.63, 3.8) is 0 Å². The van der Waals surface area contributed by atoms with Gasteiger partial charge in [0, 0.05) is 11.4 Å². The normalized spacial score (nSPS) is 26.0. The highest BCUT2D eigenvalue weighted by molar-refractivity contribution is 6.31. The first kappa shape index (κ1) is 16.5. The second kappa shape index (κ2) is 6.07. The van der Waals surface area contributed by atoms with Crippen molar-refractivity contribution >= 4 is 29.9 Å². The van der Waals surface area contributed by atoms with E-state index in [1.165, 1.54) is 0 Å².